The van der Waals surface area contributed by atoms with Crippen LogP contribution in [-0.4, -0.2) is 14.7 Å². The molecule has 0 spiro atoms. The van der Waals surface area contributed by atoms with Crippen LogP contribution in [0.3, 0.4) is 0 Å². The van der Waals surface area contributed by atoms with Gasteiger partial charge < -0.3 is 18.9 Å². The average molecular weight is 372 g/mol. The number of hydrogen-bond acceptors (Lipinski definition) is 5. The Morgan fingerprint density at radius 1 is 0.929 bits per heavy atom. The van der Waals surface area contributed by atoms with Crippen molar-refractivity contribution in [3.05, 3.63) is 63.0 Å². The number of benzene rings is 3. The van der Waals surface area contributed by atoms with Crippen LogP contribution in [0.4, 0.5) is 0 Å². The lowest BCUT2D eigenvalue weighted by Crippen LogP contribution is -2.09. The van der Waals surface area contributed by atoms with Gasteiger partial charge in [0, 0.05) is 23.9 Å². The van der Waals surface area contributed by atoms with Crippen LogP contribution in [0.25, 0.3) is 54.9 Å². The maximum absolute atomic E-state index is 12.9. The van der Waals surface area contributed by atoms with Gasteiger partial charge in [-0.05, 0) is 24.3 Å². The summed E-state index contributed by atoms with van der Waals surface area (Å²) < 4.78 is 13.3. The van der Waals surface area contributed by atoms with Crippen molar-refractivity contribution in [2.24, 2.45) is 7.05 Å². The van der Waals surface area contributed by atoms with Crippen molar-refractivity contribution in [1.82, 2.24) is 9.55 Å². The molecule has 0 saturated carbocycles. The number of rotatable bonds is 0. The first-order valence-electron chi connectivity index (χ1n) is 8.66. The fourth-order valence-corrected chi connectivity index (χ4v) is 3.96. The monoisotopic (exact) mass is 372 g/mol. The minimum absolute atomic E-state index is 0.145. The molecule has 0 unspecified atom stereocenters. The lowest BCUT2D eigenvalue weighted by Gasteiger charge is -2.04. The molecule has 7 heteroatoms. The highest BCUT2D eigenvalue weighted by molar-refractivity contribution is 6.30. The van der Waals surface area contributed by atoms with Crippen LogP contribution in [0, 0.1) is 0 Å². The third kappa shape index (κ3) is 1.68. The number of aromatic nitrogens is 2. The number of hydrogen-bond donors (Lipinski definition) is 2. The van der Waals surface area contributed by atoms with E-state index < -0.39 is 0 Å². The topological polar surface area (TPSA) is 101 Å². The standard InChI is InChI=1S/C21H12N2O5/c1-23-20(25)15-14-10-7-6-9(24)8-11(10)22-17(14)19-18(16(15)21(23)26)27-12-4-2-3-5-13(12)28-19/h2-8,22,25H,1H3. The van der Waals surface area contributed by atoms with E-state index in [1.54, 1.807) is 18.2 Å². The fourth-order valence-electron chi connectivity index (χ4n) is 3.96. The Kier molecular flexibility index (Phi) is 2.60. The summed E-state index contributed by atoms with van der Waals surface area (Å²) in [4.78, 5) is 27.9. The maximum atomic E-state index is 12.9. The summed E-state index contributed by atoms with van der Waals surface area (Å²) in [5, 5.41) is 12.6. The van der Waals surface area contributed by atoms with Gasteiger partial charge in [0.05, 0.1) is 21.8 Å². The lowest BCUT2D eigenvalue weighted by molar-refractivity contribution is 0.435. The van der Waals surface area contributed by atoms with Gasteiger partial charge in [0.25, 0.3) is 5.56 Å². The van der Waals surface area contributed by atoms with Crippen LogP contribution >= 0.6 is 0 Å². The van der Waals surface area contributed by atoms with Crippen molar-refractivity contribution < 1.29 is 13.9 Å². The van der Waals surface area contributed by atoms with Gasteiger partial charge in [-0.1, -0.05) is 12.1 Å². The zero-order valence-electron chi connectivity index (χ0n) is 14.6. The fraction of sp³-hybridized carbons (Fsp3) is 0.0476. The zero-order chi connectivity index (χ0) is 19.2. The molecule has 136 valence electrons. The van der Waals surface area contributed by atoms with E-state index in [1.807, 2.05) is 12.1 Å². The molecule has 0 bridgehead atoms. The van der Waals surface area contributed by atoms with E-state index in [0.717, 1.165) is 0 Å². The summed E-state index contributed by atoms with van der Waals surface area (Å²) >= 11 is 0. The highest BCUT2D eigenvalue weighted by Crippen LogP contribution is 2.42. The number of aromatic amines is 1. The van der Waals surface area contributed by atoms with Gasteiger partial charge in [0.15, 0.2) is 27.8 Å². The predicted molar refractivity (Wildman–Crippen MR) is 106 cm³/mol. The van der Waals surface area contributed by atoms with Crippen LogP contribution in [0.15, 0.2) is 60.9 Å². The third-order valence-electron chi connectivity index (χ3n) is 5.26. The molecule has 6 aromatic rings. The molecule has 0 saturated heterocycles. The number of para-hydroxylation sites is 2. The molecule has 7 nitrogen and oxygen atoms in total. The molecular weight excluding hydrogens is 360 g/mol. The largest absolute Gasteiger partial charge is 0.494 e. The summed E-state index contributed by atoms with van der Waals surface area (Å²) in [6.45, 7) is 0. The maximum Gasteiger partial charge on any atom is 0.265 e. The second-order valence-corrected chi connectivity index (χ2v) is 6.83. The smallest absolute Gasteiger partial charge is 0.265 e. The molecule has 0 fully saturated rings. The second kappa shape index (κ2) is 4.83. The van der Waals surface area contributed by atoms with E-state index in [0.29, 0.717) is 43.9 Å². The Labute approximate surface area is 155 Å². The van der Waals surface area contributed by atoms with E-state index in [-0.39, 0.29) is 27.8 Å². The van der Waals surface area contributed by atoms with E-state index in [9.17, 15) is 14.7 Å². The van der Waals surface area contributed by atoms with Gasteiger partial charge in [-0.2, -0.15) is 0 Å². The van der Waals surface area contributed by atoms with Gasteiger partial charge in [-0.25, -0.2) is 0 Å². The minimum atomic E-state index is -0.386. The number of H-pyrrole nitrogens is 1. The molecule has 0 aliphatic carbocycles. The Morgan fingerprint density at radius 2 is 1.64 bits per heavy atom. The van der Waals surface area contributed by atoms with Crippen LogP contribution in [0.5, 0.6) is 5.88 Å². The second-order valence-electron chi connectivity index (χ2n) is 6.83. The zero-order valence-corrected chi connectivity index (χ0v) is 14.6. The first-order valence-corrected chi connectivity index (χ1v) is 8.66. The lowest BCUT2D eigenvalue weighted by atomic mass is 10.1. The SMILES string of the molecule is Cn1c(O)c2c(c1=O)c1oc3ccccc3oc1c1[nH]c3cc(=O)ccc3c12. The number of nitrogens with zero attached hydrogens (tertiary/aromatic N) is 1. The van der Waals surface area contributed by atoms with Gasteiger partial charge in [-0.15, -0.1) is 0 Å². The molecule has 0 radical (unpaired) electrons. The highest BCUT2D eigenvalue weighted by Gasteiger charge is 2.25. The molecule has 3 aromatic carbocycles. The normalized spacial score (nSPS) is 12.2. The van der Waals surface area contributed by atoms with Crippen molar-refractivity contribution in [1.29, 1.82) is 0 Å². The molecule has 0 aliphatic heterocycles. The van der Waals surface area contributed by atoms with E-state index in [2.05, 4.69) is 4.98 Å². The molecule has 2 N–H and O–H groups in total. The molecule has 0 aliphatic rings. The van der Waals surface area contributed by atoms with Crippen LogP contribution in [-0.2, 0) is 7.05 Å². The molecular formula is C21H12N2O5. The van der Waals surface area contributed by atoms with Crippen molar-refractivity contribution in [3.8, 4) is 5.88 Å². The summed E-state index contributed by atoms with van der Waals surface area (Å²) in [7, 11) is 1.50. The van der Waals surface area contributed by atoms with Gasteiger partial charge >= 0.3 is 0 Å². The molecule has 3 heterocycles. The van der Waals surface area contributed by atoms with Crippen LogP contribution in [0.1, 0.15) is 0 Å². The summed E-state index contributed by atoms with van der Waals surface area (Å²) in [5.41, 5.74) is 2.22. The van der Waals surface area contributed by atoms with E-state index >= 15 is 0 Å². The van der Waals surface area contributed by atoms with Crippen LogP contribution < -0.4 is 11.0 Å². The van der Waals surface area contributed by atoms with Crippen molar-refractivity contribution in [2.75, 3.05) is 0 Å². The first-order chi connectivity index (χ1) is 13.5. The van der Waals surface area contributed by atoms with E-state index in [1.165, 1.54) is 23.7 Å². The van der Waals surface area contributed by atoms with Crippen molar-refractivity contribution >= 4 is 54.9 Å². The summed E-state index contributed by atoms with van der Waals surface area (Å²) in [5.74, 6) is -0.164. The molecule has 3 aromatic heterocycles. The number of nitrogens with one attached hydrogen (secondary N) is 1. The Balaban J connectivity index is 2.06. The van der Waals surface area contributed by atoms with Gasteiger partial charge in [0.2, 0.25) is 5.88 Å². The summed E-state index contributed by atoms with van der Waals surface area (Å²) in [6.07, 6.45) is 0. The average Bonchev–Trinajstić information content (AvgIpc) is 3.17. The minimum Gasteiger partial charge on any atom is -0.494 e. The third-order valence-corrected chi connectivity index (χ3v) is 5.26. The predicted octanol–water partition coefficient (Wildman–Crippen LogP) is 3.73. The number of fused-ring (bicyclic) bond motifs is 9. The molecule has 28 heavy (non-hydrogen) atoms. The highest BCUT2D eigenvalue weighted by atomic mass is 16.4. The first kappa shape index (κ1) is 15.1. The Hall–Kier alpha value is -4.00. The quantitative estimate of drug-likeness (QED) is 0.396. The van der Waals surface area contributed by atoms with Crippen LogP contribution in [0.2, 0.25) is 0 Å². The molecule has 6 rings (SSSR count). The number of aromatic hydroxyl groups is 1. The van der Waals surface area contributed by atoms with Gasteiger partial charge in [-0.3, -0.25) is 14.2 Å². The van der Waals surface area contributed by atoms with E-state index in [4.69, 9.17) is 8.83 Å². The Morgan fingerprint density at radius 3 is 2.39 bits per heavy atom. The summed E-state index contributed by atoms with van der Waals surface area (Å²) in [6, 6.07) is 11.8. The molecule has 0 amide bonds. The van der Waals surface area contributed by atoms with Crippen molar-refractivity contribution in [2.45, 2.75) is 0 Å². The Bertz CT molecular complexity index is 1730. The van der Waals surface area contributed by atoms with Crippen molar-refractivity contribution in [3.63, 3.8) is 0 Å². The molecule has 0 atom stereocenters. The van der Waals surface area contributed by atoms with Gasteiger partial charge in [0.1, 0.15) is 0 Å².